The molecule has 8 heteroatoms. The molecule has 190 valence electrons. The maximum Gasteiger partial charge on any atom is 0.268 e. The standard InChI is InChI=1S/C29H30N4O4/c1-33-25-17-21(12-15-29(36)13-6-3-7-14-29)10-11-26(25)37-19-24(28(33)35)30-27(34)23-18-22(31-32-23)16-20-8-4-2-5-9-20/h2,4-5,8-11,17,24,36H,3,6-7,13-14,16,18-19H2,1H3,(H,30,34)/t24-/m0/s1. The van der Waals surface area contributed by atoms with Crippen molar-refractivity contribution in [3.8, 4) is 17.6 Å². The minimum Gasteiger partial charge on any atom is -0.489 e. The highest BCUT2D eigenvalue weighted by Gasteiger charge is 2.32. The summed E-state index contributed by atoms with van der Waals surface area (Å²) >= 11 is 0. The van der Waals surface area contributed by atoms with E-state index in [1.807, 2.05) is 36.4 Å². The lowest BCUT2D eigenvalue weighted by atomic mass is 9.85. The fourth-order valence-corrected chi connectivity index (χ4v) is 4.82. The molecule has 2 aromatic rings. The van der Waals surface area contributed by atoms with Gasteiger partial charge >= 0.3 is 0 Å². The molecular formula is C29H30N4O4. The Hall–Kier alpha value is -3.96. The molecule has 0 unspecified atom stereocenters. The topological polar surface area (TPSA) is 104 Å². The van der Waals surface area contributed by atoms with Crippen LogP contribution in [0.15, 0.2) is 58.7 Å². The number of aliphatic hydroxyl groups is 1. The minimum absolute atomic E-state index is 0.00228. The van der Waals surface area contributed by atoms with Gasteiger partial charge in [-0.3, -0.25) is 9.59 Å². The van der Waals surface area contributed by atoms with Gasteiger partial charge in [0.25, 0.3) is 11.8 Å². The van der Waals surface area contributed by atoms with E-state index in [4.69, 9.17) is 4.74 Å². The molecule has 2 amide bonds. The van der Waals surface area contributed by atoms with E-state index in [0.29, 0.717) is 42.7 Å². The highest BCUT2D eigenvalue weighted by molar-refractivity contribution is 6.43. The Morgan fingerprint density at radius 2 is 1.95 bits per heavy atom. The van der Waals surface area contributed by atoms with Crippen LogP contribution in [0.25, 0.3) is 0 Å². The number of hydrogen-bond donors (Lipinski definition) is 2. The highest BCUT2D eigenvalue weighted by atomic mass is 16.5. The van der Waals surface area contributed by atoms with Crippen molar-refractivity contribution in [1.29, 1.82) is 0 Å². The van der Waals surface area contributed by atoms with Crippen LogP contribution in [-0.4, -0.2) is 53.6 Å². The number of likely N-dealkylation sites (N-methyl/N-ethyl adjacent to an activating group) is 1. The first-order chi connectivity index (χ1) is 17.9. The Morgan fingerprint density at radius 3 is 2.73 bits per heavy atom. The molecule has 1 atom stereocenters. The number of anilines is 1. The molecule has 37 heavy (non-hydrogen) atoms. The van der Waals surface area contributed by atoms with Gasteiger partial charge in [0.1, 0.15) is 29.7 Å². The second-order valence-corrected chi connectivity index (χ2v) is 9.81. The van der Waals surface area contributed by atoms with Crippen LogP contribution in [0.2, 0.25) is 0 Å². The lowest BCUT2D eigenvalue weighted by Crippen LogP contribution is -2.51. The summed E-state index contributed by atoms with van der Waals surface area (Å²) in [5.41, 5.74) is 2.48. The molecule has 3 aliphatic rings. The van der Waals surface area contributed by atoms with E-state index in [9.17, 15) is 14.7 Å². The molecule has 1 saturated carbocycles. The number of fused-ring (bicyclic) bond motifs is 1. The van der Waals surface area contributed by atoms with Gasteiger partial charge in [0, 0.05) is 25.5 Å². The van der Waals surface area contributed by atoms with Gasteiger partial charge in [-0.05, 0) is 49.4 Å². The highest BCUT2D eigenvalue weighted by Crippen LogP contribution is 2.32. The van der Waals surface area contributed by atoms with Crippen molar-refractivity contribution in [3.05, 3.63) is 59.7 Å². The number of rotatable bonds is 4. The summed E-state index contributed by atoms with van der Waals surface area (Å²) in [6, 6.07) is 14.4. The third kappa shape index (κ3) is 5.73. The molecule has 2 N–H and O–H groups in total. The molecule has 5 rings (SSSR count). The molecule has 0 radical (unpaired) electrons. The van der Waals surface area contributed by atoms with Crippen molar-refractivity contribution in [2.45, 2.75) is 56.6 Å². The number of carbonyl (C=O) groups excluding carboxylic acids is 2. The van der Waals surface area contributed by atoms with E-state index in [-0.39, 0.29) is 18.2 Å². The monoisotopic (exact) mass is 498 g/mol. The summed E-state index contributed by atoms with van der Waals surface area (Å²) in [6.07, 6.45) is 5.39. The van der Waals surface area contributed by atoms with Crippen LogP contribution in [0, 0.1) is 11.8 Å². The lowest BCUT2D eigenvalue weighted by Gasteiger charge is -2.26. The quantitative estimate of drug-likeness (QED) is 0.633. The first-order valence-corrected chi connectivity index (χ1v) is 12.7. The first kappa shape index (κ1) is 24.7. The van der Waals surface area contributed by atoms with Crippen LogP contribution in [-0.2, 0) is 16.0 Å². The van der Waals surface area contributed by atoms with Gasteiger partial charge < -0.3 is 20.1 Å². The van der Waals surface area contributed by atoms with Crippen LogP contribution in [0.4, 0.5) is 5.69 Å². The smallest absolute Gasteiger partial charge is 0.268 e. The summed E-state index contributed by atoms with van der Waals surface area (Å²) in [4.78, 5) is 27.6. The number of hydrogen-bond acceptors (Lipinski definition) is 6. The van der Waals surface area contributed by atoms with Crippen LogP contribution >= 0.6 is 0 Å². The number of nitrogens with one attached hydrogen (secondary N) is 1. The van der Waals surface area contributed by atoms with Crippen LogP contribution < -0.4 is 15.0 Å². The van der Waals surface area contributed by atoms with Gasteiger partial charge in [-0.15, -0.1) is 5.10 Å². The molecule has 0 bridgehead atoms. The van der Waals surface area contributed by atoms with Crippen LogP contribution in [0.3, 0.4) is 0 Å². The van der Waals surface area contributed by atoms with Gasteiger partial charge in [-0.25, -0.2) is 0 Å². The number of nitrogens with zero attached hydrogens (tertiary/aromatic N) is 3. The molecule has 0 spiro atoms. The van der Waals surface area contributed by atoms with E-state index in [1.165, 1.54) is 4.90 Å². The SMILES string of the molecule is CN1C(=O)[C@@H](NC(=O)C2=NN=C(Cc3ccccc3)C2)COc2ccc(C#CC3(O)CCCCC3)cc21. The molecular weight excluding hydrogens is 468 g/mol. The number of benzene rings is 2. The Morgan fingerprint density at radius 1 is 1.16 bits per heavy atom. The van der Waals surface area contributed by atoms with Crippen molar-refractivity contribution in [1.82, 2.24) is 5.32 Å². The third-order valence-electron chi connectivity index (χ3n) is 6.98. The number of amides is 2. The Bertz CT molecular complexity index is 1320. The summed E-state index contributed by atoms with van der Waals surface area (Å²) in [5, 5.41) is 21.7. The maximum atomic E-state index is 13.2. The third-order valence-corrected chi connectivity index (χ3v) is 6.98. The fraction of sp³-hybridized carbons (Fsp3) is 0.379. The van der Waals surface area contributed by atoms with Crippen molar-refractivity contribution in [2.75, 3.05) is 18.6 Å². The molecule has 1 aliphatic carbocycles. The zero-order valence-corrected chi connectivity index (χ0v) is 20.9. The summed E-state index contributed by atoms with van der Waals surface area (Å²) < 4.78 is 5.89. The van der Waals surface area contributed by atoms with Crippen molar-refractivity contribution >= 4 is 28.9 Å². The van der Waals surface area contributed by atoms with Gasteiger partial charge in [-0.1, -0.05) is 48.6 Å². The normalized spacial score (nSPS) is 20.4. The van der Waals surface area contributed by atoms with Crippen molar-refractivity contribution in [3.63, 3.8) is 0 Å². The second kappa shape index (κ2) is 10.6. The van der Waals surface area contributed by atoms with E-state index < -0.39 is 17.6 Å². The van der Waals surface area contributed by atoms with Gasteiger partial charge in [0.15, 0.2) is 0 Å². The second-order valence-electron chi connectivity index (χ2n) is 9.81. The van der Waals surface area contributed by atoms with Gasteiger partial charge in [0.05, 0.1) is 11.4 Å². The number of ether oxygens (including phenoxy) is 1. The molecule has 1 fully saturated rings. The van der Waals surface area contributed by atoms with E-state index in [2.05, 4.69) is 27.4 Å². The number of carbonyl (C=O) groups is 2. The summed E-state index contributed by atoms with van der Waals surface area (Å²) in [6.45, 7) is -0.00228. The Labute approximate surface area is 216 Å². The largest absolute Gasteiger partial charge is 0.489 e. The van der Waals surface area contributed by atoms with Crippen LogP contribution in [0.1, 0.15) is 49.7 Å². The summed E-state index contributed by atoms with van der Waals surface area (Å²) in [5.74, 6) is 5.90. The molecule has 2 heterocycles. The zero-order chi connectivity index (χ0) is 25.8. The van der Waals surface area contributed by atoms with E-state index in [1.54, 1.807) is 19.2 Å². The molecule has 2 aliphatic heterocycles. The van der Waals surface area contributed by atoms with E-state index in [0.717, 1.165) is 30.5 Å². The van der Waals surface area contributed by atoms with Gasteiger partial charge in [-0.2, -0.15) is 5.10 Å². The average molecular weight is 499 g/mol. The first-order valence-electron chi connectivity index (χ1n) is 12.7. The predicted molar refractivity (Wildman–Crippen MR) is 142 cm³/mol. The zero-order valence-electron chi connectivity index (χ0n) is 20.9. The van der Waals surface area contributed by atoms with E-state index >= 15 is 0 Å². The maximum absolute atomic E-state index is 13.2. The molecule has 8 nitrogen and oxygen atoms in total. The fourth-order valence-electron chi connectivity index (χ4n) is 4.82. The lowest BCUT2D eigenvalue weighted by molar-refractivity contribution is -0.124. The Kier molecular flexibility index (Phi) is 7.06. The van der Waals surface area contributed by atoms with Crippen molar-refractivity contribution in [2.24, 2.45) is 10.2 Å². The molecule has 0 saturated heterocycles. The minimum atomic E-state index is -0.952. The average Bonchev–Trinajstić information content (AvgIpc) is 3.35. The predicted octanol–water partition coefficient (Wildman–Crippen LogP) is 3.02. The Balaban J connectivity index is 1.22. The van der Waals surface area contributed by atoms with Crippen molar-refractivity contribution < 1.29 is 19.4 Å². The summed E-state index contributed by atoms with van der Waals surface area (Å²) in [7, 11) is 1.65. The molecule has 0 aromatic heterocycles. The van der Waals surface area contributed by atoms with Gasteiger partial charge in [0.2, 0.25) is 0 Å². The van der Waals surface area contributed by atoms with Crippen LogP contribution in [0.5, 0.6) is 5.75 Å². The molecule has 2 aromatic carbocycles.